The van der Waals surface area contributed by atoms with Gasteiger partial charge in [-0.3, -0.25) is 4.79 Å². The van der Waals surface area contributed by atoms with E-state index >= 15 is 0 Å². The maximum absolute atomic E-state index is 11.6. The van der Waals surface area contributed by atoms with Crippen LogP contribution in [0.5, 0.6) is 0 Å². The zero-order valence-electron chi connectivity index (χ0n) is 15.8. The molecular weight excluding hydrogens is 350 g/mol. The molecule has 0 spiro atoms. The van der Waals surface area contributed by atoms with E-state index in [0.29, 0.717) is 11.5 Å². The van der Waals surface area contributed by atoms with Crippen molar-refractivity contribution in [3.8, 4) is 0 Å². The summed E-state index contributed by atoms with van der Waals surface area (Å²) in [7, 11) is 1.61. The van der Waals surface area contributed by atoms with Crippen molar-refractivity contribution in [3.05, 3.63) is 89.1 Å². The number of hydrogen-bond donors (Lipinski definition) is 2. The number of amides is 1. The van der Waals surface area contributed by atoms with Crippen LogP contribution in [0.2, 0.25) is 0 Å². The van der Waals surface area contributed by atoms with Crippen molar-refractivity contribution < 1.29 is 4.79 Å². The molecule has 0 fully saturated rings. The first-order valence-electron chi connectivity index (χ1n) is 9.12. The predicted molar refractivity (Wildman–Crippen MR) is 110 cm³/mol. The summed E-state index contributed by atoms with van der Waals surface area (Å²) in [4.78, 5) is 16.2. The Kier molecular flexibility index (Phi) is 4.76. The molecule has 28 heavy (non-hydrogen) atoms. The average Bonchev–Trinajstić information content (AvgIpc) is 3.11. The van der Waals surface area contributed by atoms with Gasteiger partial charge in [-0.25, -0.2) is 4.52 Å². The van der Waals surface area contributed by atoms with Crippen LogP contribution in [0.4, 0.5) is 11.6 Å². The second-order valence-corrected chi connectivity index (χ2v) is 6.67. The molecule has 0 bridgehead atoms. The molecule has 2 aromatic heterocycles. The first-order valence-corrected chi connectivity index (χ1v) is 9.12. The second-order valence-electron chi connectivity index (χ2n) is 6.67. The minimum absolute atomic E-state index is 0.113. The number of nitrogens with one attached hydrogen (secondary N) is 2. The Morgan fingerprint density at radius 2 is 1.82 bits per heavy atom. The third kappa shape index (κ3) is 3.71. The lowest BCUT2D eigenvalue weighted by atomic mass is 10.1. The van der Waals surface area contributed by atoms with Gasteiger partial charge in [0.2, 0.25) is 5.95 Å². The van der Waals surface area contributed by atoms with E-state index in [4.69, 9.17) is 0 Å². The fourth-order valence-corrected chi connectivity index (χ4v) is 3.16. The number of hydrogen-bond acceptors (Lipinski definition) is 4. The lowest BCUT2D eigenvalue weighted by molar-refractivity contribution is 0.0963. The molecule has 6 heteroatoms. The number of nitrogens with zero attached hydrogens (tertiary/aromatic N) is 3. The fourth-order valence-electron chi connectivity index (χ4n) is 3.16. The molecule has 2 N–H and O–H groups in total. The fraction of sp³-hybridized carbons (Fsp3) is 0.136. The van der Waals surface area contributed by atoms with Crippen molar-refractivity contribution >= 4 is 23.2 Å². The molecule has 2 heterocycles. The van der Waals surface area contributed by atoms with Gasteiger partial charge in [-0.15, -0.1) is 5.10 Å². The van der Waals surface area contributed by atoms with Crippen molar-refractivity contribution in [1.29, 1.82) is 0 Å². The molecule has 2 aromatic carbocycles. The Balaban J connectivity index is 1.58. The van der Waals surface area contributed by atoms with Gasteiger partial charge < -0.3 is 10.6 Å². The summed E-state index contributed by atoms with van der Waals surface area (Å²) in [6.45, 7) is 2.09. The van der Waals surface area contributed by atoms with Crippen LogP contribution in [0, 0.1) is 6.92 Å². The molecule has 6 nitrogen and oxygen atoms in total. The largest absolute Gasteiger partial charge is 0.355 e. The van der Waals surface area contributed by atoms with E-state index in [-0.39, 0.29) is 5.91 Å². The van der Waals surface area contributed by atoms with E-state index in [2.05, 4.69) is 58.0 Å². The molecule has 0 unspecified atom stereocenters. The standard InChI is InChI=1S/C22H21N5O/c1-15-5-3-6-16(13-15)14-19-7-4-8-20-25-22(26-27(19)20)24-18-11-9-17(10-12-18)21(28)23-2/h3-13H,14H2,1-2H3,(H,23,28)(H,24,26). The minimum atomic E-state index is -0.113. The molecule has 0 aliphatic heterocycles. The number of aryl methyl sites for hydroxylation is 1. The quantitative estimate of drug-likeness (QED) is 0.561. The minimum Gasteiger partial charge on any atom is -0.355 e. The maximum atomic E-state index is 11.6. The summed E-state index contributed by atoms with van der Waals surface area (Å²) in [5, 5.41) is 10.4. The SMILES string of the molecule is CNC(=O)c1ccc(Nc2nc3cccc(Cc4cccc(C)c4)n3n2)cc1. The summed E-state index contributed by atoms with van der Waals surface area (Å²) in [6.07, 6.45) is 0.780. The van der Waals surface area contributed by atoms with E-state index in [1.165, 1.54) is 11.1 Å². The van der Waals surface area contributed by atoms with Crippen LogP contribution < -0.4 is 10.6 Å². The number of benzene rings is 2. The molecule has 4 rings (SSSR count). The Hall–Kier alpha value is -3.67. The molecule has 140 valence electrons. The number of fused-ring (bicyclic) bond motifs is 1. The topological polar surface area (TPSA) is 71.3 Å². The third-order valence-corrected chi connectivity index (χ3v) is 4.54. The monoisotopic (exact) mass is 371 g/mol. The number of carbonyl (C=O) groups excluding carboxylic acids is 1. The van der Waals surface area contributed by atoms with Gasteiger partial charge in [0.25, 0.3) is 5.91 Å². The number of aromatic nitrogens is 3. The predicted octanol–water partition coefficient (Wildman–Crippen LogP) is 3.73. The summed E-state index contributed by atoms with van der Waals surface area (Å²) in [6, 6.07) is 21.7. The Bertz CT molecular complexity index is 1130. The van der Waals surface area contributed by atoms with Crippen LogP contribution in [0.15, 0.2) is 66.7 Å². The molecule has 4 aromatic rings. The van der Waals surface area contributed by atoms with Gasteiger partial charge in [0, 0.05) is 30.4 Å². The van der Waals surface area contributed by atoms with Crippen LogP contribution in [0.25, 0.3) is 5.65 Å². The van der Waals surface area contributed by atoms with Crippen LogP contribution in [0.3, 0.4) is 0 Å². The van der Waals surface area contributed by atoms with Gasteiger partial charge >= 0.3 is 0 Å². The first kappa shape index (κ1) is 17.7. The highest BCUT2D eigenvalue weighted by atomic mass is 16.1. The van der Waals surface area contributed by atoms with Gasteiger partial charge in [0.05, 0.1) is 0 Å². The smallest absolute Gasteiger partial charge is 0.251 e. The van der Waals surface area contributed by atoms with Crippen LogP contribution in [-0.2, 0) is 6.42 Å². The van der Waals surface area contributed by atoms with Crippen LogP contribution in [0.1, 0.15) is 27.2 Å². The molecule has 0 aliphatic rings. The zero-order chi connectivity index (χ0) is 19.5. The lowest BCUT2D eigenvalue weighted by Crippen LogP contribution is -2.17. The Morgan fingerprint density at radius 3 is 2.57 bits per heavy atom. The van der Waals surface area contributed by atoms with Gasteiger partial charge in [-0.1, -0.05) is 35.9 Å². The van der Waals surface area contributed by atoms with E-state index in [0.717, 1.165) is 23.4 Å². The average molecular weight is 371 g/mol. The molecular formula is C22H21N5O. The van der Waals surface area contributed by atoms with Crippen molar-refractivity contribution in [3.63, 3.8) is 0 Å². The van der Waals surface area contributed by atoms with Gasteiger partial charge in [0.15, 0.2) is 5.65 Å². The highest BCUT2D eigenvalue weighted by Gasteiger charge is 2.09. The maximum Gasteiger partial charge on any atom is 0.251 e. The van der Waals surface area contributed by atoms with E-state index in [1.807, 2.05) is 28.8 Å². The number of rotatable bonds is 5. The first-order chi connectivity index (χ1) is 13.6. The molecule has 0 saturated heterocycles. The Morgan fingerprint density at radius 1 is 1.04 bits per heavy atom. The van der Waals surface area contributed by atoms with Gasteiger partial charge in [-0.2, -0.15) is 4.98 Å². The highest BCUT2D eigenvalue weighted by Crippen LogP contribution is 2.18. The van der Waals surface area contributed by atoms with E-state index in [9.17, 15) is 4.79 Å². The number of pyridine rings is 1. The Labute approximate surface area is 163 Å². The summed E-state index contributed by atoms with van der Waals surface area (Å²) >= 11 is 0. The summed E-state index contributed by atoms with van der Waals surface area (Å²) < 4.78 is 1.86. The second kappa shape index (κ2) is 7.52. The number of anilines is 2. The van der Waals surface area contributed by atoms with Crippen molar-refractivity contribution in [2.24, 2.45) is 0 Å². The highest BCUT2D eigenvalue weighted by molar-refractivity contribution is 5.94. The zero-order valence-corrected chi connectivity index (χ0v) is 15.8. The van der Waals surface area contributed by atoms with E-state index in [1.54, 1.807) is 19.2 Å². The van der Waals surface area contributed by atoms with E-state index < -0.39 is 0 Å². The molecule has 0 radical (unpaired) electrons. The lowest BCUT2D eigenvalue weighted by Gasteiger charge is -2.05. The van der Waals surface area contributed by atoms with Crippen molar-refractivity contribution in [2.45, 2.75) is 13.3 Å². The summed E-state index contributed by atoms with van der Waals surface area (Å²) in [5.74, 6) is 0.405. The van der Waals surface area contributed by atoms with Crippen molar-refractivity contribution in [1.82, 2.24) is 19.9 Å². The molecule has 0 saturated carbocycles. The molecule has 0 aliphatic carbocycles. The number of carbonyl (C=O) groups is 1. The third-order valence-electron chi connectivity index (χ3n) is 4.54. The van der Waals surface area contributed by atoms with Gasteiger partial charge in [0.1, 0.15) is 0 Å². The van der Waals surface area contributed by atoms with Crippen molar-refractivity contribution in [2.75, 3.05) is 12.4 Å². The van der Waals surface area contributed by atoms with Crippen LogP contribution in [-0.4, -0.2) is 27.6 Å². The summed E-state index contributed by atoms with van der Waals surface area (Å²) in [5.41, 5.74) is 5.77. The molecule has 0 atom stereocenters. The van der Waals surface area contributed by atoms with Crippen LogP contribution >= 0.6 is 0 Å². The molecule has 1 amide bonds. The normalized spacial score (nSPS) is 10.8. The van der Waals surface area contributed by atoms with Gasteiger partial charge in [-0.05, 0) is 48.9 Å².